The van der Waals surface area contributed by atoms with Crippen LogP contribution in [0.15, 0.2) is 42.7 Å². The summed E-state index contributed by atoms with van der Waals surface area (Å²) in [4.78, 5) is 15.3. The number of aldehydes is 1. The first-order valence-electron chi connectivity index (χ1n) is 6.59. The first kappa shape index (κ1) is 13.2. The number of aryl methyl sites for hydroxylation is 2. The maximum atomic E-state index is 11.2. The van der Waals surface area contributed by atoms with E-state index in [1.807, 2.05) is 38.1 Å². The Morgan fingerprint density at radius 3 is 2.52 bits per heavy atom. The Balaban J connectivity index is 2.24. The third-order valence-electron chi connectivity index (χ3n) is 3.19. The number of hydrogen-bond donors (Lipinski definition) is 0. The van der Waals surface area contributed by atoms with Crippen molar-refractivity contribution in [3.05, 3.63) is 59.5 Å². The molecule has 2 heterocycles. The van der Waals surface area contributed by atoms with E-state index in [1.165, 1.54) is 0 Å². The van der Waals surface area contributed by atoms with Crippen LogP contribution in [0.25, 0.3) is 16.9 Å². The minimum Gasteiger partial charge on any atom is -0.296 e. The first-order valence-corrected chi connectivity index (χ1v) is 6.59. The lowest BCUT2D eigenvalue weighted by molar-refractivity contribution is 0.111. The van der Waals surface area contributed by atoms with Crippen LogP contribution in [-0.2, 0) is 0 Å². The van der Waals surface area contributed by atoms with Gasteiger partial charge in [0.1, 0.15) is 5.69 Å². The van der Waals surface area contributed by atoms with Crippen LogP contribution in [0, 0.1) is 13.8 Å². The zero-order chi connectivity index (χ0) is 14.8. The van der Waals surface area contributed by atoms with Crippen molar-refractivity contribution in [3.63, 3.8) is 0 Å². The number of carbonyl (C=O) groups excluding carboxylic acids is 1. The minimum absolute atomic E-state index is 0.308. The molecule has 104 valence electrons. The van der Waals surface area contributed by atoms with Crippen molar-refractivity contribution in [1.29, 1.82) is 0 Å². The average Bonchev–Trinajstić information content (AvgIpc) is 2.91. The molecule has 0 saturated heterocycles. The van der Waals surface area contributed by atoms with Gasteiger partial charge in [-0.2, -0.15) is 0 Å². The zero-order valence-corrected chi connectivity index (χ0v) is 11.8. The lowest BCUT2D eigenvalue weighted by Crippen LogP contribution is -2.01. The van der Waals surface area contributed by atoms with Gasteiger partial charge in [0.25, 0.3) is 0 Å². The normalized spacial score (nSPS) is 10.6. The maximum Gasteiger partial charge on any atom is 0.172 e. The molecule has 5 nitrogen and oxygen atoms in total. The van der Waals surface area contributed by atoms with Crippen LogP contribution >= 0.6 is 0 Å². The first-order chi connectivity index (χ1) is 10.2. The molecule has 1 aromatic carbocycles. The highest BCUT2D eigenvalue weighted by molar-refractivity contribution is 5.83. The van der Waals surface area contributed by atoms with Gasteiger partial charge in [0.2, 0.25) is 0 Å². The van der Waals surface area contributed by atoms with Gasteiger partial charge in [0, 0.05) is 18.0 Å². The van der Waals surface area contributed by atoms with E-state index < -0.39 is 0 Å². The van der Waals surface area contributed by atoms with Crippen LogP contribution in [0.3, 0.4) is 0 Å². The van der Waals surface area contributed by atoms with Gasteiger partial charge in [-0.1, -0.05) is 11.3 Å². The number of pyridine rings is 1. The topological polar surface area (TPSA) is 60.7 Å². The van der Waals surface area contributed by atoms with Gasteiger partial charge in [0.15, 0.2) is 12.0 Å². The largest absolute Gasteiger partial charge is 0.296 e. The lowest BCUT2D eigenvalue weighted by atomic mass is 10.1. The summed E-state index contributed by atoms with van der Waals surface area (Å²) >= 11 is 0. The van der Waals surface area contributed by atoms with E-state index in [4.69, 9.17) is 0 Å². The van der Waals surface area contributed by atoms with Crippen LogP contribution in [-0.4, -0.2) is 26.3 Å². The summed E-state index contributed by atoms with van der Waals surface area (Å²) in [5.41, 5.74) is 4.91. The molecule has 5 heteroatoms. The summed E-state index contributed by atoms with van der Waals surface area (Å²) in [7, 11) is 0. The molecule has 0 unspecified atom stereocenters. The highest BCUT2D eigenvalue weighted by Gasteiger charge is 2.16. The molecule has 2 aromatic heterocycles. The number of hydrogen-bond acceptors (Lipinski definition) is 4. The fraction of sp³-hybridized carbons (Fsp3) is 0.125. The Bertz CT molecular complexity index is 773. The highest BCUT2D eigenvalue weighted by atomic mass is 16.1. The summed E-state index contributed by atoms with van der Waals surface area (Å²) in [6.07, 6.45) is 4.11. The van der Waals surface area contributed by atoms with Crippen molar-refractivity contribution < 1.29 is 4.79 Å². The summed E-state index contributed by atoms with van der Waals surface area (Å²) in [6.45, 7) is 4.05. The standard InChI is InChI=1S/C16H14N4O/c1-11-6-12(2)8-14(7-11)20-16(15(10-21)18-19-20)13-4-3-5-17-9-13/h3-10H,1-2H3. The molecular formula is C16H14N4O. The molecule has 0 spiro atoms. The second kappa shape index (κ2) is 5.28. The maximum absolute atomic E-state index is 11.2. The van der Waals surface area contributed by atoms with Gasteiger partial charge in [-0.05, 0) is 49.2 Å². The highest BCUT2D eigenvalue weighted by Crippen LogP contribution is 2.24. The monoisotopic (exact) mass is 278 g/mol. The van der Waals surface area contributed by atoms with E-state index in [0.717, 1.165) is 22.4 Å². The molecule has 3 rings (SSSR count). The van der Waals surface area contributed by atoms with Crippen LogP contribution in [0.5, 0.6) is 0 Å². The number of carbonyl (C=O) groups is 1. The molecule has 0 fully saturated rings. The number of nitrogens with zero attached hydrogens (tertiary/aromatic N) is 4. The quantitative estimate of drug-likeness (QED) is 0.691. The van der Waals surface area contributed by atoms with E-state index >= 15 is 0 Å². The Labute approximate surface area is 122 Å². The molecule has 21 heavy (non-hydrogen) atoms. The van der Waals surface area contributed by atoms with E-state index in [1.54, 1.807) is 17.1 Å². The SMILES string of the molecule is Cc1cc(C)cc(-n2nnc(C=O)c2-c2cccnc2)c1. The van der Waals surface area contributed by atoms with E-state index in [-0.39, 0.29) is 0 Å². The summed E-state index contributed by atoms with van der Waals surface area (Å²) in [5, 5.41) is 8.09. The van der Waals surface area contributed by atoms with Gasteiger partial charge in [-0.3, -0.25) is 9.78 Å². The molecule has 0 N–H and O–H groups in total. The summed E-state index contributed by atoms with van der Waals surface area (Å²) in [5.74, 6) is 0. The lowest BCUT2D eigenvalue weighted by Gasteiger charge is -2.08. The third-order valence-corrected chi connectivity index (χ3v) is 3.19. The van der Waals surface area contributed by atoms with E-state index in [9.17, 15) is 4.79 Å². The van der Waals surface area contributed by atoms with Crippen molar-refractivity contribution in [2.45, 2.75) is 13.8 Å². The fourth-order valence-corrected chi connectivity index (χ4v) is 2.40. The van der Waals surface area contributed by atoms with E-state index in [2.05, 4.69) is 21.4 Å². The van der Waals surface area contributed by atoms with Crippen molar-refractivity contribution >= 4 is 6.29 Å². The fourth-order valence-electron chi connectivity index (χ4n) is 2.40. The summed E-state index contributed by atoms with van der Waals surface area (Å²) < 4.78 is 1.68. The molecule has 0 atom stereocenters. The molecule has 0 radical (unpaired) electrons. The molecule has 0 saturated carbocycles. The Kier molecular flexibility index (Phi) is 3.31. The second-order valence-electron chi connectivity index (χ2n) is 4.94. The Hall–Kier alpha value is -2.82. The van der Waals surface area contributed by atoms with Crippen LogP contribution in [0.2, 0.25) is 0 Å². The van der Waals surface area contributed by atoms with Crippen LogP contribution < -0.4 is 0 Å². The van der Waals surface area contributed by atoms with Gasteiger partial charge in [-0.15, -0.1) is 5.10 Å². The molecule has 0 amide bonds. The minimum atomic E-state index is 0.308. The summed E-state index contributed by atoms with van der Waals surface area (Å²) in [6, 6.07) is 9.82. The van der Waals surface area contributed by atoms with Gasteiger partial charge in [-0.25, -0.2) is 4.68 Å². The Morgan fingerprint density at radius 1 is 1.14 bits per heavy atom. The molecule has 3 aromatic rings. The van der Waals surface area contributed by atoms with Crippen molar-refractivity contribution in [1.82, 2.24) is 20.0 Å². The smallest absolute Gasteiger partial charge is 0.172 e. The van der Waals surface area contributed by atoms with E-state index in [0.29, 0.717) is 17.7 Å². The number of rotatable bonds is 3. The van der Waals surface area contributed by atoms with Crippen molar-refractivity contribution in [2.75, 3.05) is 0 Å². The number of aromatic nitrogens is 4. The van der Waals surface area contributed by atoms with Gasteiger partial charge in [0.05, 0.1) is 5.69 Å². The van der Waals surface area contributed by atoms with Crippen molar-refractivity contribution in [2.24, 2.45) is 0 Å². The molecule has 0 aliphatic heterocycles. The van der Waals surface area contributed by atoms with Gasteiger partial charge < -0.3 is 0 Å². The number of benzene rings is 1. The van der Waals surface area contributed by atoms with Crippen LogP contribution in [0.4, 0.5) is 0 Å². The van der Waals surface area contributed by atoms with Crippen LogP contribution in [0.1, 0.15) is 21.6 Å². The molecular weight excluding hydrogens is 264 g/mol. The van der Waals surface area contributed by atoms with Crippen molar-refractivity contribution in [3.8, 4) is 16.9 Å². The second-order valence-corrected chi connectivity index (χ2v) is 4.94. The van der Waals surface area contributed by atoms with Gasteiger partial charge >= 0.3 is 0 Å². The predicted molar refractivity (Wildman–Crippen MR) is 79.5 cm³/mol. The third kappa shape index (κ3) is 2.45. The molecule has 0 bridgehead atoms. The molecule has 0 aliphatic rings. The predicted octanol–water partition coefficient (Wildman–Crippen LogP) is 2.76. The Morgan fingerprint density at radius 2 is 1.90 bits per heavy atom. The molecule has 0 aliphatic carbocycles. The zero-order valence-electron chi connectivity index (χ0n) is 11.8. The average molecular weight is 278 g/mol.